The third-order valence-corrected chi connectivity index (χ3v) is 3.98. The molecule has 0 aliphatic rings. The second-order valence-electron chi connectivity index (χ2n) is 3.64. The highest BCUT2D eigenvalue weighted by molar-refractivity contribution is 7.88. The Kier molecular flexibility index (Phi) is 7.64. The molecule has 0 aromatic heterocycles. The zero-order chi connectivity index (χ0) is 15.8. The Labute approximate surface area is 116 Å². The first-order chi connectivity index (χ1) is 9.25. The second kappa shape index (κ2) is 8.15. The summed E-state index contributed by atoms with van der Waals surface area (Å²) >= 11 is 0. The van der Waals surface area contributed by atoms with E-state index in [1.807, 2.05) is 0 Å². The summed E-state index contributed by atoms with van der Waals surface area (Å²) in [5, 5.41) is 0. The number of hydrogen-bond acceptors (Lipinski definition) is 8. The Balaban J connectivity index is 5.25. The molecule has 10 heteroatoms. The maximum Gasteiger partial charge on any atom is 0.366 e. The van der Waals surface area contributed by atoms with Crippen LogP contribution < -0.4 is 0 Å². The van der Waals surface area contributed by atoms with Gasteiger partial charge in [0.05, 0.1) is 19.6 Å². The van der Waals surface area contributed by atoms with Crippen molar-refractivity contribution in [1.29, 1.82) is 0 Å². The minimum atomic E-state index is -4.94. The zero-order valence-corrected chi connectivity index (χ0v) is 12.3. The van der Waals surface area contributed by atoms with Crippen LogP contribution in [0, 0.1) is 0 Å². The van der Waals surface area contributed by atoms with E-state index in [-0.39, 0.29) is 13.2 Å². The fraction of sp³-hybridized carbons (Fsp3) is 0.800. The van der Waals surface area contributed by atoms with E-state index in [4.69, 9.17) is 0 Å². The van der Waals surface area contributed by atoms with E-state index in [1.54, 1.807) is 0 Å². The van der Waals surface area contributed by atoms with Gasteiger partial charge in [-0.2, -0.15) is 18.2 Å². The van der Waals surface area contributed by atoms with Crippen molar-refractivity contribution in [2.24, 2.45) is 0 Å². The third kappa shape index (κ3) is 4.71. The lowest BCUT2D eigenvalue weighted by Gasteiger charge is -2.24. The molecule has 0 saturated heterocycles. The molecule has 0 saturated carbocycles. The molecule has 0 radical (unpaired) electrons. The summed E-state index contributed by atoms with van der Waals surface area (Å²) in [6.45, 7) is 4.33. The van der Waals surface area contributed by atoms with Crippen LogP contribution in [0.15, 0.2) is 0 Å². The molecule has 0 fully saturated rings. The predicted octanol–water partition coefficient (Wildman–Crippen LogP) is 0.403. The highest BCUT2D eigenvalue weighted by Crippen LogP contribution is 2.28. The molecule has 0 aliphatic carbocycles. The number of rotatable bonds is 9. The van der Waals surface area contributed by atoms with Crippen molar-refractivity contribution < 1.29 is 42.1 Å². The molecule has 1 N–H and O–H groups in total. The summed E-state index contributed by atoms with van der Waals surface area (Å²) in [6.07, 6.45) is -1.38. The lowest BCUT2D eigenvalue weighted by Crippen LogP contribution is -2.48. The molecule has 0 spiro atoms. The van der Waals surface area contributed by atoms with Crippen molar-refractivity contribution in [2.45, 2.75) is 38.4 Å². The fourth-order valence-corrected chi connectivity index (χ4v) is 2.21. The Morgan fingerprint density at radius 1 is 1.05 bits per heavy atom. The van der Waals surface area contributed by atoms with Crippen LogP contribution in [-0.2, 0) is 39.3 Å². The predicted molar refractivity (Wildman–Crippen MR) is 64.6 cm³/mol. The third-order valence-electron chi connectivity index (χ3n) is 2.39. The summed E-state index contributed by atoms with van der Waals surface area (Å²) in [5.41, 5.74) is 0. The molecular formula is C10H18O9S. The Morgan fingerprint density at radius 2 is 1.55 bits per heavy atom. The van der Waals surface area contributed by atoms with E-state index in [2.05, 4.69) is 19.6 Å². The average Bonchev–Trinajstić information content (AvgIpc) is 2.38. The molecule has 118 valence electrons. The lowest BCUT2D eigenvalue weighted by atomic mass is 10.0. The highest BCUT2D eigenvalue weighted by atomic mass is 32.2. The van der Waals surface area contributed by atoms with Crippen molar-refractivity contribution in [3.05, 3.63) is 0 Å². The van der Waals surface area contributed by atoms with E-state index in [0.29, 0.717) is 0 Å². The molecule has 9 nitrogen and oxygen atoms in total. The average molecular weight is 314 g/mol. The van der Waals surface area contributed by atoms with Gasteiger partial charge >= 0.3 is 11.9 Å². The van der Waals surface area contributed by atoms with Gasteiger partial charge in [0.25, 0.3) is 10.1 Å². The van der Waals surface area contributed by atoms with Crippen molar-refractivity contribution in [2.75, 3.05) is 13.2 Å². The molecule has 1 atom stereocenters. The topological polar surface area (TPSA) is 125 Å². The van der Waals surface area contributed by atoms with Crippen LogP contribution in [0.3, 0.4) is 0 Å². The maximum absolute atomic E-state index is 11.8. The Morgan fingerprint density at radius 3 is 1.95 bits per heavy atom. The van der Waals surface area contributed by atoms with Gasteiger partial charge < -0.3 is 0 Å². The molecule has 0 aromatic carbocycles. The molecule has 0 rings (SSSR count). The van der Waals surface area contributed by atoms with Crippen molar-refractivity contribution in [3.8, 4) is 0 Å². The molecule has 0 aliphatic heterocycles. The number of hydrogen-bond donors (Lipinski definition) is 1. The van der Waals surface area contributed by atoms with Gasteiger partial charge in [-0.25, -0.2) is 9.59 Å². The van der Waals surface area contributed by atoms with Crippen LogP contribution in [0.1, 0.15) is 33.6 Å². The van der Waals surface area contributed by atoms with E-state index in [1.165, 1.54) is 20.8 Å². The van der Waals surface area contributed by atoms with Crippen LogP contribution in [0.25, 0.3) is 0 Å². The molecule has 0 aromatic rings. The van der Waals surface area contributed by atoms with E-state index >= 15 is 0 Å². The Hall–Kier alpha value is -1.23. The summed E-state index contributed by atoms with van der Waals surface area (Å²) in [4.78, 5) is 40.4. The van der Waals surface area contributed by atoms with Crippen LogP contribution in [0.4, 0.5) is 0 Å². The number of carbonyl (C=O) groups is 2. The van der Waals surface area contributed by atoms with Gasteiger partial charge in [0.2, 0.25) is 4.75 Å². The first-order valence-electron chi connectivity index (χ1n) is 5.88. The monoisotopic (exact) mass is 314 g/mol. The summed E-state index contributed by atoms with van der Waals surface area (Å²) in [7, 11) is -4.94. The smallest absolute Gasteiger partial charge is 0.298 e. The quantitative estimate of drug-likeness (QED) is 0.365. The summed E-state index contributed by atoms with van der Waals surface area (Å²) in [5.74, 6) is -2.54. The van der Waals surface area contributed by atoms with E-state index in [0.717, 1.165) is 0 Å². The molecule has 0 amide bonds. The molecule has 1 unspecified atom stereocenters. The van der Waals surface area contributed by atoms with Crippen LogP contribution >= 0.6 is 0 Å². The SMILES string of the molecule is CCOOC(=O)CC(CC)(C(=O)OOCC)S(=O)(=O)O. The standard InChI is InChI=1S/C10H18O9S/c1-4-10(20(13,14)15,9(12)19-17-6-3)7-8(11)18-16-5-2/h4-7H2,1-3H3,(H,13,14,15). The first kappa shape index (κ1) is 18.8. The van der Waals surface area contributed by atoms with Crippen molar-refractivity contribution in [1.82, 2.24) is 0 Å². The molecule has 20 heavy (non-hydrogen) atoms. The fourth-order valence-electron chi connectivity index (χ4n) is 1.30. The van der Waals surface area contributed by atoms with Crippen LogP contribution in [0.2, 0.25) is 0 Å². The van der Waals surface area contributed by atoms with Crippen molar-refractivity contribution in [3.63, 3.8) is 0 Å². The summed E-state index contributed by atoms with van der Waals surface area (Å²) in [6, 6.07) is 0. The molecular weight excluding hydrogens is 296 g/mol. The summed E-state index contributed by atoms with van der Waals surface area (Å²) < 4.78 is 29.6. The van der Waals surface area contributed by atoms with Gasteiger partial charge in [-0.1, -0.05) is 6.92 Å². The highest BCUT2D eigenvalue weighted by Gasteiger charge is 2.53. The zero-order valence-electron chi connectivity index (χ0n) is 11.4. The van der Waals surface area contributed by atoms with E-state index in [9.17, 15) is 22.6 Å². The van der Waals surface area contributed by atoms with E-state index < -0.39 is 39.6 Å². The minimum Gasteiger partial charge on any atom is -0.298 e. The van der Waals surface area contributed by atoms with Gasteiger partial charge in [0.1, 0.15) is 0 Å². The van der Waals surface area contributed by atoms with Gasteiger partial charge in [-0.05, 0) is 20.3 Å². The van der Waals surface area contributed by atoms with Crippen molar-refractivity contribution >= 4 is 22.1 Å². The molecule has 0 heterocycles. The largest absolute Gasteiger partial charge is 0.366 e. The Bertz CT molecular complexity index is 430. The maximum atomic E-state index is 11.8. The normalized spacial score (nSPS) is 14.4. The van der Waals surface area contributed by atoms with Crippen LogP contribution in [0.5, 0.6) is 0 Å². The van der Waals surface area contributed by atoms with Gasteiger partial charge in [0, 0.05) is 0 Å². The second-order valence-corrected chi connectivity index (χ2v) is 5.37. The van der Waals surface area contributed by atoms with Crippen LogP contribution in [-0.4, -0.2) is 42.9 Å². The molecule has 0 bridgehead atoms. The van der Waals surface area contributed by atoms with Gasteiger partial charge in [-0.15, -0.1) is 0 Å². The minimum absolute atomic E-state index is 0.0274. The number of carbonyl (C=O) groups excluding carboxylic acids is 2. The lowest BCUT2D eigenvalue weighted by molar-refractivity contribution is -0.277. The van der Waals surface area contributed by atoms with Gasteiger partial charge in [0.15, 0.2) is 0 Å². The van der Waals surface area contributed by atoms with Gasteiger partial charge in [-0.3, -0.25) is 14.3 Å². The first-order valence-corrected chi connectivity index (χ1v) is 7.32.